The fraction of sp³-hybridized carbons (Fsp3) is 0.111. The molecular formula is C18H16BrN3OS. The molecule has 6 heteroatoms. The Kier molecular flexibility index (Phi) is 5.52. The van der Waals surface area contributed by atoms with Crippen molar-refractivity contribution < 1.29 is 4.79 Å². The normalized spacial score (nSPS) is 11.0. The van der Waals surface area contributed by atoms with Crippen LogP contribution >= 0.6 is 27.3 Å². The van der Waals surface area contributed by atoms with Gasteiger partial charge in [-0.3, -0.25) is 15.6 Å². The van der Waals surface area contributed by atoms with Crippen LogP contribution in [0.1, 0.15) is 15.2 Å². The molecule has 24 heavy (non-hydrogen) atoms. The fourth-order valence-electron chi connectivity index (χ4n) is 2.34. The Morgan fingerprint density at radius 3 is 2.58 bits per heavy atom. The van der Waals surface area contributed by atoms with Gasteiger partial charge < -0.3 is 0 Å². The minimum Gasteiger partial charge on any atom is -0.292 e. The lowest BCUT2D eigenvalue weighted by Crippen LogP contribution is -2.35. The molecule has 0 amide bonds. The van der Waals surface area contributed by atoms with Crippen molar-refractivity contribution in [2.24, 2.45) is 5.84 Å². The Balaban J connectivity index is 1.69. The van der Waals surface area contributed by atoms with Crippen molar-refractivity contribution >= 4 is 33.0 Å². The summed E-state index contributed by atoms with van der Waals surface area (Å²) >= 11 is 5.00. The maximum atomic E-state index is 12.5. The van der Waals surface area contributed by atoms with E-state index >= 15 is 0 Å². The predicted molar refractivity (Wildman–Crippen MR) is 101 cm³/mol. The second-order valence-corrected chi connectivity index (χ2v) is 7.24. The topological polar surface area (TPSA) is 59.2 Å². The summed E-state index contributed by atoms with van der Waals surface area (Å²) in [5.74, 6) is 6.01. The molecule has 0 bridgehead atoms. The van der Waals surface area contributed by atoms with Gasteiger partial charge in [-0.25, -0.2) is 5.01 Å². The second-order valence-electron chi connectivity index (χ2n) is 5.34. The van der Waals surface area contributed by atoms with Crippen LogP contribution in [0.15, 0.2) is 65.4 Å². The SMILES string of the molecule is NN(CC(=O)c1cc(Br)c(-c2ccncc2)s1)Cc1ccccc1. The molecule has 0 atom stereocenters. The first-order valence-corrected chi connectivity index (χ1v) is 9.01. The summed E-state index contributed by atoms with van der Waals surface area (Å²) in [7, 11) is 0. The van der Waals surface area contributed by atoms with Crippen molar-refractivity contribution in [3.63, 3.8) is 0 Å². The van der Waals surface area contributed by atoms with Crippen LogP contribution in [0.2, 0.25) is 0 Å². The summed E-state index contributed by atoms with van der Waals surface area (Å²) in [6, 6.07) is 15.6. The van der Waals surface area contributed by atoms with E-state index in [0.717, 1.165) is 20.5 Å². The van der Waals surface area contributed by atoms with Crippen LogP contribution < -0.4 is 5.84 Å². The number of halogens is 1. The van der Waals surface area contributed by atoms with Gasteiger partial charge in [0, 0.05) is 28.3 Å². The van der Waals surface area contributed by atoms with E-state index in [-0.39, 0.29) is 12.3 Å². The van der Waals surface area contributed by atoms with Crippen LogP contribution in [-0.4, -0.2) is 22.3 Å². The van der Waals surface area contributed by atoms with Gasteiger partial charge in [-0.15, -0.1) is 11.3 Å². The van der Waals surface area contributed by atoms with E-state index in [4.69, 9.17) is 5.84 Å². The van der Waals surface area contributed by atoms with Gasteiger partial charge >= 0.3 is 0 Å². The van der Waals surface area contributed by atoms with E-state index in [2.05, 4.69) is 20.9 Å². The van der Waals surface area contributed by atoms with Gasteiger partial charge in [0.1, 0.15) is 0 Å². The number of nitrogens with two attached hydrogens (primary N) is 1. The van der Waals surface area contributed by atoms with Gasteiger partial charge in [-0.1, -0.05) is 30.3 Å². The molecule has 0 radical (unpaired) electrons. The number of benzene rings is 1. The van der Waals surface area contributed by atoms with E-state index in [0.29, 0.717) is 11.4 Å². The molecule has 2 N–H and O–H groups in total. The Morgan fingerprint density at radius 2 is 1.88 bits per heavy atom. The predicted octanol–water partition coefficient (Wildman–Crippen LogP) is 4.13. The van der Waals surface area contributed by atoms with Gasteiger partial charge in [0.15, 0.2) is 5.78 Å². The van der Waals surface area contributed by atoms with E-state index in [1.807, 2.05) is 48.5 Å². The van der Waals surface area contributed by atoms with E-state index in [9.17, 15) is 4.79 Å². The standard InChI is InChI=1S/C18H16BrN3OS/c19-15-10-17(24-18(15)14-6-8-21-9-7-14)16(23)12-22(20)11-13-4-2-1-3-5-13/h1-10H,11-12,20H2. The zero-order chi connectivity index (χ0) is 16.9. The van der Waals surface area contributed by atoms with E-state index < -0.39 is 0 Å². The first kappa shape index (κ1) is 17.0. The second kappa shape index (κ2) is 7.81. The number of hydrogen-bond donors (Lipinski definition) is 1. The molecule has 0 spiro atoms. The van der Waals surface area contributed by atoms with Crippen LogP contribution in [0, 0.1) is 0 Å². The minimum atomic E-state index is 0.0134. The van der Waals surface area contributed by atoms with Gasteiger partial charge in [0.05, 0.1) is 11.4 Å². The molecule has 3 aromatic rings. The van der Waals surface area contributed by atoms with Crippen molar-refractivity contribution in [3.8, 4) is 10.4 Å². The molecule has 0 unspecified atom stereocenters. The molecule has 1 aromatic carbocycles. The molecule has 0 saturated heterocycles. The molecule has 2 aromatic heterocycles. The van der Waals surface area contributed by atoms with E-state index in [1.165, 1.54) is 16.3 Å². The molecule has 0 aliphatic carbocycles. The average Bonchev–Trinajstić information content (AvgIpc) is 2.98. The highest BCUT2D eigenvalue weighted by Crippen LogP contribution is 2.36. The van der Waals surface area contributed by atoms with Crippen molar-refractivity contribution in [2.75, 3.05) is 6.54 Å². The number of ketones is 1. The summed E-state index contributed by atoms with van der Waals surface area (Å²) in [4.78, 5) is 18.2. The number of nitrogens with zero attached hydrogens (tertiary/aromatic N) is 2. The summed E-state index contributed by atoms with van der Waals surface area (Å²) < 4.78 is 0.911. The highest BCUT2D eigenvalue weighted by atomic mass is 79.9. The molecule has 0 aliphatic heterocycles. The molecule has 0 saturated carbocycles. The van der Waals surface area contributed by atoms with Crippen molar-refractivity contribution in [1.82, 2.24) is 9.99 Å². The van der Waals surface area contributed by atoms with Gasteiger partial charge in [-0.2, -0.15) is 0 Å². The fourth-order valence-corrected chi connectivity index (χ4v) is 4.18. The Morgan fingerprint density at radius 1 is 1.17 bits per heavy atom. The third kappa shape index (κ3) is 4.15. The molecule has 3 rings (SSSR count). The summed E-state index contributed by atoms with van der Waals surface area (Å²) in [6.45, 7) is 0.716. The van der Waals surface area contributed by atoms with Crippen molar-refractivity contribution in [3.05, 3.63) is 75.8 Å². The Hall–Kier alpha value is -1.86. The van der Waals surface area contributed by atoms with Crippen molar-refractivity contribution in [2.45, 2.75) is 6.54 Å². The number of hydrogen-bond acceptors (Lipinski definition) is 5. The van der Waals surface area contributed by atoms with Crippen LogP contribution in [0.4, 0.5) is 0 Å². The lowest BCUT2D eigenvalue weighted by molar-refractivity contribution is 0.0930. The summed E-state index contributed by atoms with van der Waals surface area (Å²) in [5.41, 5.74) is 2.12. The molecule has 0 aliphatic rings. The zero-order valence-corrected chi connectivity index (χ0v) is 15.3. The highest BCUT2D eigenvalue weighted by molar-refractivity contribution is 9.10. The number of carbonyl (C=O) groups is 1. The van der Waals surface area contributed by atoms with Gasteiger partial charge in [0.25, 0.3) is 0 Å². The first-order chi connectivity index (χ1) is 11.6. The van der Waals surface area contributed by atoms with Gasteiger partial charge in [-0.05, 0) is 45.3 Å². The lowest BCUT2D eigenvalue weighted by Gasteiger charge is -2.14. The van der Waals surface area contributed by atoms with Crippen LogP contribution in [-0.2, 0) is 6.54 Å². The lowest BCUT2D eigenvalue weighted by atomic mass is 10.2. The number of thiophene rings is 1. The molecule has 2 heterocycles. The number of carbonyl (C=O) groups excluding carboxylic acids is 1. The summed E-state index contributed by atoms with van der Waals surface area (Å²) in [6.07, 6.45) is 3.48. The molecule has 122 valence electrons. The van der Waals surface area contributed by atoms with Crippen molar-refractivity contribution in [1.29, 1.82) is 0 Å². The van der Waals surface area contributed by atoms with Crippen LogP contribution in [0.5, 0.6) is 0 Å². The number of hydrazine groups is 1. The Labute approximate surface area is 153 Å². The minimum absolute atomic E-state index is 0.0134. The van der Waals surface area contributed by atoms with E-state index in [1.54, 1.807) is 12.4 Å². The molecule has 4 nitrogen and oxygen atoms in total. The largest absolute Gasteiger partial charge is 0.292 e. The number of Topliss-reactive ketones (excluding diaryl/α,β-unsaturated/α-hetero) is 1. The third-order valence-electron chi connectivity index (χ3n) is 3.48. The molecule has 0 fully saturated rings. The van der Waals surface area contributed by atoms with Crippen LogP contribution in [0.25, 0.3) is 10.4 Å². The maximum Gasteiger partial charge on any atom is 0.188 e. The molecular weight excluding hydrogens is 386 g/mol. The smallest absolute Gasteiger partial charge is 0.188 e. The number of pyridine rings is 1. The highest BCUT2D eigenvalue weighted by Gasteiger charge is 2.16. The number of aromatic nitrogens is 1. The number of rotatable bonds is 6. The monoisotopic (exact) mass is 401 g/mol. The Bertz CT molecular complexity index is 821. The first-order valence-electron chi connectivity index (χ1n) is 7.40. The third-order valence-corrected chi connectivity index (χ3v) is 5.59. The average molecular weight is 402 g/mol. The van der Waals surface area contributed by atoms with Crippen LogP contribution in [0.3, 0.4) is 0 Å². The summed E-state index contributed by atoms with van der Waals surface area (Å²) in [5, 5.41) is 1.54. The quantitative estimate of drug-likeness (QED) is 0.383. The van der Waals surface area contributed by atoms with Gasteiger partial charge in [0.2, 0.25) is 0 Å². The maximum absolute atomic E-state index is 12.5. The zero-order valence-electron chi connectivity index (χ0n) is 12.9.